The van der Waals surface area contributed by atoms with E-state index in [1.54, 1.807) is 79.7 Å². The molecule has 3 rings (SSSR count). The lowest BCUT2D eigenvalue weighted by Crippen LogP contribution is -2.14. The van der Waals surface area contributed by atoms with Crippen LogP contribution in [-0.4, -0.2) is 29.3 Å². The van der Waals surface area contributed by atoms with Crippen molar-refractivity contribution in [3.8, 4) is 11.8 Å². The van der Waals surface area contributed by atoms with Crippen LogP contribution in [0.15, 0.2) is 82.6 Å². The van der Waals surface area contributed by atoms with Gasteiger partial charge in [-0.2, -0.15) is 5.26 Å². The number of carbonyl (C=O) groups excluding carboxylic acids is 2. The van der Waals surface area contributed by atoms with Crippen LogP contribution in [0.4, 0.5) is 5.69 Å². The molecule has 0 aliphatic rings. The molecule has 186 valence electrons. The van der Waals surface area contributed by atoms with Gasteiger partial charge in [-0.15, -0.1) is 0 Å². The van der Waals surface area contributed by atoms with Crippen molar-refractivity contribution in [2.75, 3.05) is 18.5 Å². The Bertz CT molecular complexity index is 1250. The molecule has 0 saturated heterocycles. The first kappa shape index (κ1) is 26.6. The van der Waals surface area contributed by atoms with Crippen LogP contribution in [0.2, 0.25) is 0 Å². The smallest absolute Gasteiger partial charge is 0.305 e. The van der Waals surface area contributed by atoms with Crippen molar-refractivity contribution >= 4 is 28.4 Å². The fourth-order valence-corrected chi connectivity index (χ4v) is 4.71. The zero-order valence-electron chi connectivity index (χ0n) is 20.1. The van der Waals surface area contributed by atoms with Crippen LogP contribution < -0.4 is 10.1 Å². The zero-order chi connectivity index (χ0) is 25.8. The summed E-state index contributed by atoms with van der Waals surface area (Å²) >= 11 is 0. The number of benzene rings is 3. The second-order valence-electron chi connectivity index (χ2n) is 7.82. The fourth-order valence-electron chi connectivity index (χ4n) is 3.44. The minimum absolute atomic E-state index is 0.173. The number of amides is 1. The van der Waals surface area contributed by atoms with Crippen molar-refractivity contribution < 1.29 is 23.3 Å². The van der Waals surface area contributed by atoms with Crippen molar-refractivity contribution in [1.29, 1.82) is 5.26 Å². The van der Waals surface area contributed by atoms with E-state index in [-0.39, 0.29) is 11.9 Å². The quantitative estimate of drug-likeness (QED) is 0.259. The number of ether oxygens (including phenoxy) is 2. The lowest BCUT2D eigenvalue weighted by Gasteiger charge is -2.12. The minimum atomic E-state index is -1.64. The molecule has 1 N–H and O–H groups in total. The zero-order valence-corrected chi connectivity index (χ0v) is 20.9. The third-order valence-electron chi connectivity index (χ3n) is 5.26. The van der Waals surface area contributed by atoms with Gasteiger partial charge in [-0.1, -0.05) is 24.3 Å². The molecule has 1 unspecified atom stereocenters. The highest BCUT2D eigenvalue weighted by Gasteiger charge is 2.17. The molecule has 36 heavy (non-hydrogen) atoms. The topological polar surface area (TPSA) is 105 Å². The van der Waals surface area contributed by atoms with Crippen molar-refractivity contribution in [2.24, 2.45) is 0 Å². The first-order valence-corrected chi connectivity index (χ1v) is 12.9. The number of rotatable bonds is 12. The van der Waals surface area contributed by atoms with Gasteiger partial charge in [0.25, 0.3) is 5.91 Å². The largest absolute Gasteiger partial charge is 0.494 e. The molecule has 1 atom stereocenters. The SMILES string of the molecule is CCOC(=O)CCCCCOc1ccc(C(=O)Nc2ccccc2S(=O)c2ccccc2C#N)cc1. The number of carbonyl (C=O) groups is 2. The molecule has 0 heterocycles. The predicted octanol–water partition coefficient (Wildman–Crippen LogP) is 5.48. The summed E-state index contributed by atoms with van der Waals surface area (Å²) in [7, 11) is -1.64. The third-order valence-corrected chi connectivity index (χ3v) is 6.77. The summed E-state index contributed by atoms with van der Waals surface area (Å²) in [6.45, 7) is 2.70. The van der Waals surface area contributed by atoms with Crippen LogP contribution in [0.5, 0.6) is 5.75 Å². The number of unbranched alkanes of at least 4 members (excludes halogenated alkanes) is 2. The van der Waals surface area contributed by atoms with Gasteiger partial charge in [0.2, 0.25) is 0 Å². The number of nitrogens with zero attached hydrogens (tertiary/aromatic N) is 1. The molecule has 0 bridgehead atoms. The van der Waals surface area contributed by atoms with Crippen molar-refractivity contribution in [1.82, 2.24) is 0 Å². The Morgan fingerprint density at radius 2 is 1.61 bits per heavy atom. The van der Waals surface area contributed by atoms with E-state index in [0.29, 0.717) is 52.0 Å². The molecule has 3 aromatic rings. The fraction of sp³-hybridized carbons (Fsp3) is 0.250. The van der Waals surface area contributed by atoms with Crippen LogP contribution in [0.1, 0.15) is 48.5 Å². The molecule has 0 fully saturated rings. The number of nitrogens with one attached hydrogen (secondary N) is 1. The molecule has 1 amide bonds. The van der Waals surface area contributed by atoms with Crippen molar-refractivity contribution in [3.63, 3.8) is 0 Å². The second-order valence-corrected chi connectivity index (χ2v) is 9.23. The van der Waals surface area contributed by atoms with E-state index in [1.165, 1.54) is 0 Å². The van der Waals surface area contributed by atoms with Crippen molar-refractivity contribution in [3.05, 3.63) is 83.9 Å². The monoisotopic (exact) mass is 504 g/mol. The molecule has 8 heteroatoms. The normalized spacial score (nSPS) is 11.2. The number of para-hydroxylation sites is 1. The number of hydrogen-bond donors (Lipinski definition) is 1. The maximum atomic E-state index is 13.2. The summed E-state index contributed by atoms with van der Waals surface area (Å²) in [5.74, 6) is 0.123. The summed E-state index contributed by atoms with van der Waals surface area (Å²) in [5.41, 5.74) is 1.16. The van der Waals surface area contributed by atoms with Gasteiger partial charge in [0, 0.05) is 12.0 Å². The average molecular weight is 505 g/mol. The molecule has 3 aromatic carbocycles. The Morgan fingerprint density at radius 3 is 2.33 bits per heavy atom. The molecular weight excluding hydrogens is 476 g/mol. The number of nitriles is 1. The van der Waals surface area contributed by atoms with E-state index in [1.807, 2.05) is 0 Å². The van der Waals surface area contributed by atoms with Gasteiger partial charge in [-0.05, 0) is 74.7 Å². The highest BCUT2D eigenvalue weighted by atomic mass is 32.2. The molecule has 0 aliphatic carbocycles. The first-order valence-electron chi connectivity index (χ1n) is 11.7. The minimum Gasteiger partial charge on any atom is -0.494 e. The Balaban J connectivity index is 1.56. The van der Waals surface area contributed by atoms with Gasteiger partial charge < -0.3 is 14.8 Å². The Labute approximate surface area is 213 Å². The maximum Gasteiger partial charge on any atom is 0.305 e. The van der Waals surface area contributed by atoms with Gasteiger partial charge in [0.05, 0.1) is 45.1 Å². The molecule has 0 spiro atoms. The summed E-state index contributed by atoms with van der Waals surface area (Å²) in [4.78, 5) is 25.0. The van der Waals surface area contributed by atoms with Gasteiger partial charge in [-0.3, -0.25) is 9.59 Å². The van der Waals surface area contributed by atoms with Crippen molar-refractivity contribution in [2.45, 2.75) is 42.4 Å². The summed E-state index contributed by atoms with van der Waals surface area (Å²) in [6, 6.07) is 22.4. The van der Waals surface area contributed by atoms with Crippen LogP contribution in [0, 0.1) is 11.3 Å². The molecule has 0 radical (unpaired) electrons. The summed E-state index contributed by atoms with van der Waals surface area (Å²) in [5, 5.41) is 12.2. The van der Waals surface area contributed by atoms with E-state index in [0.717, 1.165) is 19.3 Å². The first-order chi connectivity index (χ1) is 17.5. The third kappa shape index (κ3) is 7.52. The molecule has 0 aromatic heterocycles. The molecular formula is C28H28N2O5S. The van der Waals surface area contributed by atoms with Gasteiger partial charge in [0.15, 0.2) is 0 Å². The lowest BCUT2D eigenvalue weighted by molar-refractivity contribution is -0.143. The average Bonchev–Trinajstić information content (AvgIpc) is 2.91. The van der Waals surface area contributed by atoms with E-state index in [4.69, 9.17) is 9.47 Å². The van der Waals surface area contributed by atoms with E-state index < -0.39 is 10.8 Å². The van der Waals surface area contributed by atoms with Crippen LogP contribution in [-0.2, 0) is 20.3 Å². The summed E-state index contributed by atoms with van der Waals surface area (Å²) in [6.07, 6.45) is 2.85. The number of esters is 1. The van der Waals surface area contributed by atoms with Crippen LogP contribution in [0.25, 0.3) is 0 Å². The van der Waals surface area contributed by atoms with Gasteiger partial charge >= 0.3 is 5.97 Å². The highest BCUT2D eigenvalue weighted by molar-refractivity contribution is 7.85. The maximum absolute atomic E-state index is 13.2. The number of hydrogen-bond acceptors (Lipinski definition) is 6. The Kier molecular flexibility index (Phi) is 10.2. The number of anilines is 1. The van der Waals surface area contributed by atoms with E-state index in [2.05, 4.69) is 11.4 Å². The van der Waals surface area contributed by atoms with Gasteiger partial charge in [0.1, 0.15) is 11.8 Å². The van der Waals surface area contributed by atoms with E-state index in [9.17, 15) is 19.1 Å². The predicted molar refractivity (Wildman–Crippen MR) is 137 cm³/mol. The molecule has 0 aliphatic heterocycles. The molecule has 0 saturated carbocycles. The van der Waals surface area contributed by atoms with E-state index >= 15 is 0 Å². The standard InChI is InChI=1S/C28H28N2O5S/c1-2-34-27(31)14-4-3-9-19-35-23-17-15-21(16-18-23)28(32)30-24-11-6-8-13-26(24)36(33)25-12-7-5-10-22(25)20-29/h5-8,10-13,15-18H,2-4,9,14,19H2,1H3,(H,30,32). The summed E-state index contributed by atoms with van der Waals surface area (Å²) < 4.78 is 23.8. The Morgan fingerprint density at radius 1 is 0.917 bits per heavy atom. The molecule has 7 nitrogen and oxygen atoms in total. The van der Waals surface area contributed by atoms with Crippen LogP contribution >= 0.6 is 0 Å². The lowest BCUT2D eigenvalue weighted by atomic mass is 10.2. The Hall–Kier alpha value is -3.96. The van der Waals surface area contributed by atoms with Gasteiger partial charge in [-0.25, -0.2) is 4.21 Å². The highest BCUT2D eigenvalue weighted by Crippen LogP contribution is 2.26. The second kappa shape index (κ2) is 13.8. The van der Waals surface area contributed by atoms with Crippen LogP contribution in [0.3, 0.4) is 0 Å².